The molecular weight excluding hydrogens is 400 g/mol. The van der Waals surface area contributed by atoms with Gasteiger partial charge in [-0.1, -0.05) is 12.1 Å². The Morgan fingerprint density at radius 1 is 1.23 bits per heavy atom. The zero-order valence-corrected chi connectivity index (χ0v) is 18.5. The minimum absolute atomic E-state index is 0.0596. The molecule has 1 N–H and O–H groups in total. The van der Waals surface area contributed by atoms with Gasteiger partial charge in [0.05, 0.1) is 23.0 Å². The van der Waals surface area contributed by atoms with Crippen LogP contribution in [0.15, 0.2) is 35.5 Å². The van der Waals surface area contributed by atoms with E-state index in [9.17, 15) is 14.9 Å². The van der Waals surface area contributed by atoms with Crippen LogP contribution < -0.4 is 15.1 Å². The molecule has 1 aliphatic heterocycles. The third kappa shape index (κ3) is 4.14. The summed E-state index contributed by atoms with van der Waals surface area (Å²) >= 11 is 0. The molecule has 0 spiro atoms. The van der Waals surface area contributed by atoms with Gasteiger partial charge in [0.1, 0.15) is 11.6 Å². The van der Waals surface area contributed by atoms with Crippen LogP contribution in [-0.4, -0.2) is 55.7 Å². The van der Waals surface area contributed by atoms with E-state index >= 15 is 0 Å². The van der Waals surface area contributed by atoms with Gasteiger partial charge in [-0.15, -0.1) is 0 Å². The molecule has 0 amide bonds. The quantitative estimate of drug-likeness (QED) is 0.423. The highest BCUT2D eigenvalue weighted by Gasteiger charge is 2.38. The van der Waals surface area contributed by atoms with E-state index in [1.165, 1.54) is 12.1 Å². The van der Waals surface area contributed by atoms with Crippen LogP contribution in [0.5, 0.6) is 0 Å². The first-order valence-corrected chi connectivity index (χ1v) is 9.81. The molecule has 2 heterocycles. The van der Waals surface area contributed by atoms with Crippen LogP contribution in [0.3, 0.4) is 0 Å². The van der Waals surface area contributed by atoms with Gasteiger partial charge in [-0.3, -0.25) is 10.1 Å². The number of non-ortho nitro benzene ring substituents is 1. The zero-order valence-electron chi connectivity index (χ0n) is 18.5. The number of nitrogens with one attached hydrogen (secondary N) is 1. The van der Waals surface area contributed by atoms with Crippen LogP contribution in [-0.2, 0) is 9.53 Å². The molecule has 1 unspecified atom stereocenters. The summed E-state index contributed by atoms with van der Waals surface area (Å²) in [6, 6.07) is 6.27. The molecule has 164 valence electrons. The SMILES string of the molecule is CCOC(=O)C1=C(C)Nc2nc(N(C)C)nc(N(C)C)c2C1c1cccc([N+](=O)[O-])c1. The number of nitrogens with zero attached hydrogens (tertiary/aromatic N) is 5. The van der Waals surface area contributed by atoms with Crippen molar-refractivity contribution in [3.05, 3.63) is 56.8 Å². The Kier molecular flexibility index (Phi) is 6.09. The summed E-state index contributed by atoms with van der Waals surface area (Å²) in [6.45, 7) is 3.71. The smallest absolute Gasteiger partial charge is 0.336 e. The topological polar surface area (TPSA) is 114 Å². The lowest BCUT2D eigenvalue weighted by Gasteiger charge is -2.32. The monoisotopic (exact) mass is 426 g/mol. The minimum Gasteiger partial charge on any atom is -0.463 e. The van der Waals surface area contributed by atoms with Crippen LogP contribution in [0, 0.1) is 10.1 Å². The molecule has 1 aromatic heterocycles. The van der Waals surface area contributed by atoms with E-state index in [0.29, 0.717) is 40.0 Å². The van der Waals surface area contributed by atoms with Gasteiger partial charge in [0.25, 0.3) is 5.69 Å². The Morgan fingerprint density at radius 3 is 2.52 bits per heavy atom. The third-order valence-electron chi connectivity index (χ3n) is 4.93. The fraction of sp³-hybridized carbons (Fsp3) is 0.381. The Hall–Kier alpha value is -3.69. The van der Waals surface area contributed by atoms with Crippen LogP contribution in [0.1, 0.15) is 30.9 Å². The van der Waals surface area contributed by atoms with E-state index in [0.717, 1.165) is 0 Å². The van der Waals surface area contributed by atoms with Crippen LogP contribution in [0.2, 0.25) is 0 Å². The molecule has 31 heavy (non-hydrogen) atoms. The maximum absolute atomic E-state index is 13.0. The van der Waals surface area contributed by atoms with Crippen molar-refractivity contribution in [1.29, 1.82) is 0 Å². The number of rotatable bonds is 6. The van der Waals surface area contributed by atoms with Gasteiger partial charge in [0.2, 0.25) is 5.95 Å². The number of anilines is 3. The average molecular weight is 426 g/mol. The number of carbonyl (C=O) groups is 1. The molecule has 0 saturated carbocycles. The second kappa shape index (κ2) is 8.58. The van der Waals surface area contributed by atoms with E-state index in [1.807, 2.05) is 33.1 Å². The Bertz CT molecular complexity index is 1060. The Labute approximate surface area is 180 Å². The van der Waals surface area contributed by atoms with Gasteiger partial charge in [-0.05, 0) is 19.4 Å². The van der Waals surface area contributed by atoms with Crippen molar-refractivity contribution in [2.75, 3.05) is 49.9 Å². The molecule has 1 atom stereocenters. The van der Waals surface area contributed by atoms with Crippen molar-refractivity contribution in [2.24, 2.45) is 0 Å². The first kappa shape index (κ1) is 22.0. The highest BCUT2D eigenvalue weighted by molar-refractivity contribution is 5.95. The molecule has 1 aromatic carbocycles. The number of ether oxygens (including phenoxy) is 1. The van der Waals surface area contributed by atoms with Crippen LogP contribution in [0.25, 0.3) is 0 Å². The predicted octanol–water partition coefficient (Wildman–Crippen LogP) is 2.91. The lowest BCUT2D eigenvalue weighted by atomic mass is 9.81. The predicted molar refractivity (Wildman–Crippen MR) is 119 cm³/mol. The lowest BCUT2D eigenvalue weighted by Crippen LogP contribution is -2.29. The highest BCUT2D eigenvalue weighted by atomic mass is 16.6. The minimum atomic E-state index is -0.635. The summed E-state index contributed by atoms with van der Waals surface area (Å²) < 4.78 is 5.33. The third-order valence-corrected chi connectivity index (χ3v) is 4.93. The maximum Gasteiger partial charge on any atom is 0.336 e. The second-order valence-electron chi connectivity index (χ2n) is 7.57. The fourth-order valence-electron chi connectivity index (χ4n) is 3.58. The number of benzene rings is 1. The number of nitro groups is 1. The van der Waals surface area contributed by atoms with Gasteiger partial charge in [-0.2, -0.15) is 9.97 Å². The molecule has 10 heteroatoms. The molecule has 0 bridgehead atoms. The summed E-state index contributed by atoms with van der Waals surface area (Å²) in [5.41, 5.74) is 2.14. The van der Waals surface area contributed by atoms with Crippen LogP contribution in [0.4, 0.5) is 23.3 Å². The number of esters is 1. The molecular formula is C21H26N6O4. The molecule has 0 radical (unpaired) electrons. The van der Waals surface area contributed by atoms with E-state index in [2.05, 4.69) is 15.3 Å². The van der Waals surface area contributed by atoms with Crippen molar-refractivity contribution in [1.82, 2.24) is 9.97 Å². The molecule has 3 rings (SSSR count). The Balaban J connectivity index is 2.34. The summed E-state index contributed by atoms with van der Waals surface area (Å²) in [5, 5.41) is 14.6. The van der Waals surface area contributed by atoms with Gasteiger partial charge >= 0.3 is 5.97 Å². The summed E-state index contributed by atoms with van der Waals surface area (Å²) in [5.74, 6) is 0.524. The number of carbonyl (C=O) groups excluding carboxylic acids is 1. The number of nitro benzene ring substituents is 1. The number of allylic oxidation sites excluding steroid dienone is 1. The Morgan fingerprint density at radius 2 is 1.94 bits per heavy atom. The first-order chi connectivity index (χ1) is 14.6. The fourth-order valence-corrected chi connectivity index (χ4v) is 3.58. The van der Waals surface area contributed by atoms with Crippen molar-refractivity contribution < 1.29 is 14.5 Å². The number of hydrogen-bond acceptors (Lipinski definition) is 9. The standard InChI is InChI=1S/C21H26N6O4/c1-7-31-20(28)15-12(2)22-18-17(19(25(3)4)24-21(23-18)26(5)6)16(15)13-9-8-10-14(11-13)27(29)30/h8-11,16H,7H2,1-6H3,(H,22,23,24). The largest absolute Gasteiger partial charge is 0.463 e. The van der Waals surface area contributed by atoms with E-state index in [1.54, 1.807) is 30.9 Å². The summed E-state index contributed by atoms with van der Waals surface area (Å²) in [6.07, 6.45) is 0. The number of aromatic nitrogens is 2. The van der Waals surface area contributed by atoms with E-state index < -0.39 is 16.8 Å². The van der Waals surface area contributed by atoms with Crippen LogP contribution >= 0.6 is 0 Å². The van der Waals surface area contributed by atoms with Crippen molar-refractivity contribution >= 4 is 29.2 Å². The van der Waals surface area contributed by atoms with Gasteiger partial charge in [0, 0.05) is 51.6 Å². The van der Waals surface area contributed by atoms with E-state index in [4.69, 9.17) is 4.74 Å². The normalized spacial score (nSPS) is 15.1. The average Bonchev–Trinajstić information content (AvgIpc) is 2.71. The molecule has 10 nitrogen and oxygen atoms in total. The molecule has 1 aliphatic rings. The molecule has 0 aliphatic carbocycles. The number of hydrogen-bond donors (Lipinski definition) is 1. The molecule has 2 aromatic rings. The zero-order chi connectivity index (χ0) is 22.9. The molecule has 0 fully saturated rings. The summed E-state index contributed by atoms with van der Waals surface area (Å²) in [7, 11) is 7.38. The van der Waals surface area contributed by atoms with Crippen molar-refractivity contribution in [3.63, 3.8) is 0 Å². The first-order valence-electron chi connectivity index (χ1n) is 9.81. The van der Waals surface area contributed by atoms with Crippen molar-refractivity contribution in [2.45, 2.75) is 19.8 Å². The van der Waals surface area contributed by atoms with Gasteiger partial charge in [0.15, 0.2) is 0 Å². The van der Waals surface area contributed by atoms with Gasteiger partial charge in [-0.25, -0.2) is 4.79 Å². The highest BCUT2D eigenvalue weighted by Crippen LogP contribution is 2.46. The second-order valence-corrected chi connectivity index (χ2v) is 7.57. The molecule has 0 saturated heterocycles. The number of fused-ring (bicyclic) bond motifs is 1. The lowest BCUT2D eigenvalue weighted by molar-refractivity contribution is -0.384. The maximum atomic E-state index is 13.0. The van der Waals surface area contributed by atoms with Crippen molar-refractivity contribution in [3.8, 4) is 0 Å². The summed E-state index contributed by atoms with van der Waals surface area (Å²) in [4.78, 5) is 36.9. The van der Waals surface area contributed by atoms with E-state index in [-0.39, 0.29) is 12.3 Å². The van der Waals surface area contributed by atoms with Gasteiger partial charge < -0.3 is 19.9 Å².